The number of benzene rings is 2. The second-order valence-corrected chi connectivity index (χ2v) is 7.68. The highest BCUT2D eigenvalue weighted by atomic mass is 79.9. The first-order valence-corrected chi connectivity index (χ1v) is 9.95. The molecule has 0 saturated carbocycles. The van der Waals surface area contributed by atoms with Gasteiger partial charge in [0.05, 0.1) is 0 Å². The van der Waals surface area contributed by atoms with E-state index in [0.717, 1.165) is 22.0 Å². The molecule has 0 aliphatic carbocycles. The van der Waals surface area contributed by atoms with Crippen LogP contribution in [0.4, 0.5) is 0 Å². The van der Waals surface area contributed by atoms with Gasteiger partial charge >= 0.3 is 0 Å². The van der Waals surface area contributed by atoms with Crippen molar-refractivity contribution in [3.63, 3.8) is 0 Å². The summed E-state index contributed by atoms with van der Waals surface area (Å²) in [6.45, 7) is 7.32. The van der Waals surface area contributed by atoms with Crippen LogP contribution in [0.2, 0.25) is 0 Å². The first kappa shape index (κ1) is 21.8. The second-order valence-electron chi connectivity index (χ2n) is 6.83. The van der Waals surface area contributed by atoms with Gasteiger partial charge in [-0.3, -0.25) is 14.4 Å². The number of hydrogen-bond acceptors (Lipinski definition) is 3. The standard InChI is InChI=1S/C13H16N2O2.C9H9BrO/c1-11-9-14(7-8-15(11)10-16)13(17)12-5-3-2-4-6-12;1-6-5-8(7(2)11)3-4-9(6)10/h2-6,10-11H,7-9H2,1H3;3-5H,1-2H3. The van der Waals surface area contributed by atoms with Crippen molar-refractivity contribution in [2.75, 3.05) is 19.6 Å². The molecule has 2 aromatic rings. The van der Waals surface area contributed by atoms with Crippen LogP contribution in [0.3, 0.4) is 0 Å². The van der Waals surface area contributed by atoms with Crippen molar-refractivity contribution in [2.24, 2.45) is 0 Å². The van der Waals surface area contributed by atoms with Crippen molar-refractivity contribution in [1.82, 2.24) is 9.80 Å². The highest BCUT2D eigenvalue weighted by Gasteiger charge is 2.26. The number of carbonyl (C=O) groups is 3. The summed E-state index contributed by atoms with van der Waals surface area (Å²) >= 11 is 3.37. The zero-order chi connectivity index (χ0) is 20.7. The van der Waals surface area contributed by atoms with E-state index in [-0.39, 0.29) is 17.7 Å². The monoisotopic (exact) mass is 444 g/mol. The smallest absolute Gasteiger partial charge is 0.253 e. The van der Waals surface area contributed by atoms with Crippen LogP contribution in [0, 0.1) is 6.92 Å². The van der Waals surface area contributed by atoms with Crippen LogP contribution in [0.15, 0.2) is 53.0 Å². The van der Waals surface area contributed by atoms with E-state index in [1.54, 1.807) is 16.7 Å². The van der Waals surface area contributed by atoms with Crippen molar-refractivity contribution in [1.29, 1.82) is 0 Å². The van der Waals surface area contributed by atoms with Crippen molar-refractivity contribution in [3.8, 4) is 0 Å². The summed E-state index contributed by atoms with van der Waals surface area (Å²) < 4.78 is 1.04. The lowest BCUT2D eigenvalue weighted by Crippen LogP contribution is -2.52. The van der Waals surface area contributed by atoms with Crippen molar-refractivity contribution in [3.05, 3.63) is 69.7 Å². The normalized spacial score (nSPS) is 16.1. The van der Waals surface area contributed by atoms with E-state index in [0.29, 0.717) is 25.2 Å². The summed E-state index contributed by atoms with van der Waals surface area (Å²) in [5.41, 5.74) is 2.57. The third-order valence-electron chi connectivity index (χ3n) is 4.69. The minimum absolute atomic E-state index is 0.0444. The maximum absolute atomic E-state index is 12.2. The molecule has 1 saturated heterocycles. The third-order valence-corrected chi connectivity index (χ3v) is 5.58. The minimum atomic E-state index is 0.0444. The Balaban J connectivity index is 0.000000221. The van der Waals surface area contributed by atoms with Gasteiger partial charge in [-0.2, -0.15) is 0 Å². The summed E-state index contributed by atoms with van der Waals surface area (Å²) in [6, 6.07) is 14.9. The van der Waals surface area contributed by atoms with Crippen LogP contribution >= 0.6 is 15.9 Å². The van der Waals surface area contributed by atoms with Crippen molar-refractivity contribution >= 4 is 34.0 Å². The van der Waals surface area contributed by atoms with E-state index < -0.39 is 0 Å². The topological polar surface area (TPSA) is 57.7 Å². The molecule has 0 aromatic heterocycles. The number of Topliss-reactive ketones (excluding diaryl/α,β-unsaturated/α-hetero) is 1. The fourth-order valence-corrected chi connectivity index (χ4v) is 3.19. The average molecular weight is 445 g/mol. The molecule has 1 atom stereocenters. The Labute approximate surface area is 174 Å². The van der Waals surface area contributed by atoms with Gasteiger partial charge in [-0.15, -0.1) is 0 Å². The van der Waals surface area contributed by atoms with E-state index in [2.05, 4.69) is 15.9 Å². The highest BCUT2D eigenvalue weighted by molar-refractivity contribution is 9.10. The maximum Gasteiger partial charge on any atom is 0.253 e. The molecule has 1 unspecified atom stereocenters. The molecule has 28 heavy (non-hydrogen) atoms. The second kappa shape index (κ2) is 10.2. The molecule has 1 heterocycles. The van der Waals surface area contributed by atoms with Gasteiger partial charge in [0.2, 0.25) is 6.41 Å². The number of aryl methyl sites for hydroxylation is 1. The van der Waals surface area contributed by atoms with Crippen LogP contribution < -0.4 is 0 Å². The Morgan fingerprint density at radius 1 is 1.07 bits per heavy atom. The number of ketones is 1. The van der Waals surface area contributed by atoms with Crippen molar-refractivity contribution < 1.29 is 14.4 Å². The Morgan fingerprint density at radius 3 is 2.29 bits per heavy atom. The first-order valence-electron chi connectivity index (χ1n) is 9.16. The zero-order valence-electron chi connectivity index (χ0n) is 16.4. The Bertz CT molecular complexity index is 839. The summed E-state index contributed by atoms with van der Waals surface area (Å²) in [5.74, 6) is 0.156. The molecular formula is C22H25BrN2O3. The summed E-state index contributed by atoms with van der Waals surface area (Å²) in [4.78, 5) is 37.3. The van der Waals surface area contributed by atoms with E-state index in [1.165, 1.54) is 0 Å². The van der Waals surface area contributed by atoms with Gasteiger partial charge in [0.25, 0.3) is 5.91 Å². The van der Waals surface area contributed by atoms with Gasteiger partial charge in [0, 0.05) is 41.3 Å². The predicted molar refractivity (Wildman–Crippen MR) is 113 cm³/mol. The van der Waals surface area contributed by atoms with E-state index in [4.69, 9.17) is 0 Å². The lowest BCUT2D eigenvalue weighted by molar-refractivity contribution is -0.121. The predicted octanol–water partition coefficient (Wildman–Crippen LogP) is 3.95. The number of nitrogens with zero attached hydrogens (tertiary/aromatic N) is 2. The van der Waals surface area contributed by atoms with E-state index in [9.17, 15) is 14.4 Å². The highest BCUT2D eigenvalue weighted by Crippen LogP contribution is 2.17. The molecule has 2 amide bonds. The third kappa shape index (κ3) is 5.76. The number of halogens is 1. The van der Waals surface area contributed by atoms with Gasteiger partial charge in [-0.25, -0.2) is 0 Å². The van der Waals surface area contributed by atoms with E-state index in [1.807, 2.05) is 62.4 Å². The Morgan fingerprint density at radius 2 is 1.75 bits per heavy atom. The minimum Gasteiger partial charge on any atom is -0.339 e. The molecule has 0 bridgehead atoms. The van der Waals surface area contributed by atoms with Crippen LogP contribution in [-0.4, -0.2) is 53.6 Å². The first-order chi connectivity index (χ1) is 13.3. The number of hydrogen-bond donors (Lipinski definition) is 0. The number of rotatable bonds is 3. The Hall–Kier alpha value is -2.47. The van der Waals surface area contributed by atoms with Crippen LogP contribution in [0.1, 0.15) is 40.1 Å². The molecule has 6 heteroatoms. The number of amides is 2. The SMILES string of the molecule is CC(=O)c1ccc(Br)c(C)c1.CC1CN(C(=O)c2ccccc2)CCN1C=O. The van der Waals surface area contributed by atoms with Crippen molar-refractivity contribution in [2.45, 2.75) is 26.8 Å². The fraction of sp³-hybridized carbons (Fsp3) is 0.318. The molecule has 1 aliphatic heterocycles. The molecule has 0 spiro atoms. The maximum atomic E-state index is 12.2. The summed E-state index contributed by atoms with van der Waals surface area (Å²) in [5, 5.41) is 0. The lowest BCUT2D eigenvalue weighted by Gasteiger charge is -2.37. The molecular weight excluding hydrogens is 420 g/mol. The zero-order valence-corrected chi connectivity index (χ0v) is 18.0. The summed E-state index contributed by atoms with van der Waals surface area (Å²) in [6.07, 6.45) is 0.856. The van der Waals surface area contributed by atoms with Crippen LogP contribution in [0.5, 0.6) is 0 Å². The molecule has 0 radical (unpaired) electrons. The largest absolute Gasteiger partial charge is 0.339 e. The van der Waals surface area contributed by atoms with Gasteiger partial charge in [-0.05, 0) is 50.6 Å². The average Bonchev–Trinajstić information content (AvgIpc) is 2.70. The lowest BCUT2D eigenvalue weighted by atomic mass is 10.1. The van der Waals surface area contributed by atoms with Gasteiger partial charge in [0.1, 0.15) is 0 Å². The van der Waals surface area contributed by atoms with Gasteiger partial charge in [0.15, 0.2) is 5.78 Å². The molecule has 2 aromatic carbocycles. The van der Waals surface area contributed by atoms with E-state index >= 15 is 0 Å². The number of piperazine rings is 1. The summed E-state index contributed by atoms with van der Waals surface area (Å²) in [7, 11) is 0. The molecule has 5 nitrogen and oxygen atoms in total. The Kier molecular flexibility index (Phi) is 7.93. The molecule has 1 fully saturated rings. The molecule has 0 N–H and O–H groups in total. The van der Waals surface area contributed by atoms with Gasteiger partial charge in [-0.1, -0.05) is 40.2 Å². The molecule has 3 rings (SSSR count). The van der Waals surface area contributed by atoms with Crippen LogP contribution in [-0.2, 0) is 4.79 Å². The fourth-order valence-electron chi connectivity index (χ4n) is 2.94. The number of carbonyl (C=O) groups excluding carboxylic acids is 3. The van der Waals surface area contributed by atoms with Gasteiger partial charge < -0.3 is 9.80 Å². The quantitative estimate of drug-likeness (QED) is 0.531. The molecule has 148 valence electrons. The molecule has 1 aliphatic rings. The van der Waals surface area contributed by atoms with Crippen LogP contribution in [0.25, 0.3) is 0 Å².